The molecular weight excluding hydrogens is 256 g/mol. The molecule has 0 amide bonds. The third-order valence-electron chi connectivity index (χ3n) is 1.66. The third-order valence-corrected chi connectivity index (χ3v) is 2.06. The summed E-state index contributed by atoms with van der Waals surface area (Å²) in [5.74, 6) is 0. The predicted octanol–water partition coefficient (Wildman–Crippen LogP) is 2.11. The second-order valence-electron chi connectivity index (χ2n) is 2.48. The van der Waals surface area contributed by atoms with Crippen molar-refractivity contribution < 1.29 is 8.78 Å². The van der Waals surface area contributed by atoms with Gasteiger partial charge in [0.1, 0.15) is 10.7 Å². The zero-order valence-electron chi connectivity index (χ0n) is 6.97. The number of nitrogens with zero attached hydrogens (tertiary/aromatic N) is 2. The van der Waals surface area contributed by atoms with Crippen LogP contribution in [0.2, 0.25) is 0 Å². The molecule has 1 aromatic rings. The molecule has 1 rings (SSSR count). The molecule has 14 heavy (non-hydrogen) atoms. The Morgan fingerprint density at radius 3 is 2.71 bits per heavy atom. The lowest BCUT2D eigenvalue weighted by Crippen LogP contribution is -2.06. The minimum Gasteiger partial charge on any atom is -0.326 e. The molecule has 0 saturated carbocycles. The monoisotopic (exact) mass is 261 g/mol. The molecule has 0 aliphatic heterocycles. The van der Waals surface area contributed by atoms with Crippen molar-refractivity contribution in [2.24, 2.45) is 5.73 Å². The number of hydrogen-bond donors (Lipinski definition) is 1. The molecule has 0 fully saturated rings. The zero-order chi connectivity index (χ0) is 10.7. The smallest absolute Gasteiger partial charge is 0.266 e. The standard InChI is InChI=1S/C8H6BrF2N3/c9-6-1-4(2-12)7(8(10)11)5(3-13)14-6/h1,8H,2,12H2. The maximum atomic E-state index is 12.5. The summed E-state index contributed by atoms with van der Waals surface area (Å²) in [4.78, 5) is 3.64. The van der Waals surface area contributed by atoms with Gasteiger partial charge in [-0.05, 0) is 27.6 Å². The van der Waals surface area contributed by atoms with E-state index >= 15 is 0 Å². The summed E-state index contributed by atoms with van der Waals surface area (Å²) in [6.45, 7) is -0.0462. The average Bonchev–Trinajstić information content (AvgIpc) is 2.15. The van der Waals surface area contributed by atoms with E-state index in [9.17, 15) is 8.78 Å². The number of pyridine rings is 1. The van der Waals surface area contributed by atoms with E-state index in [0.717, 1.165) is 0 Å². The molecule has 0 unspecified atom stereocenters. The molecule has 0 saturated heterocycles. The molecule has 6 heteroatoms. The first-order valence-electron chi connectivity index (χ1n) is 3.67. The van der Waals surface area contributed by atoms with Gasteiger partial charge in [0, 0.05) is 6.54 Å². The van der Waals surface area contributed by atoms with Crippen LogP contribution in [0.15, 0.2) is 10.7 Å². The van der Waals surface area contributed by atoms with Gasteiger partial charge in [-0.15, -0.1) is 0 Å². The SMILES string of the molecule is N#Cc1nc(Br)cc(CN)c1C(F)F. The Balaban J connectivity index is 3.42. The highest BCUT2D eigenvalue weighted by Gasteiger charge is 2.19. The molecule has 0 bridgehead atoms. The topological polar surface area (TPSA) is 62.7 Å². The van der Waals surface area contributed by atoms with Crippen LogP contribution in [0.4, 0.5) is 8.78 Å². The van der Waals surface area contributed by atoms with Gasteiger partial charge in [0.05, 0.1) is 5.56 Å². The number of halogens is 3. The van der Waals surface area contributed by atoms with Gasteiger partial charge in [0.15, 0.2) is 5.69 Å². The summed E-state index contributed by atoms with van der Waals surface area (Å²) in [7, 11) is 0. The maximum absolute atomic E-state index is 12.5. The molecule has 0 radical (unpaired) electrons. The Hall–Kier alpha value is -1.06. The highest BCUT2D eigenvalue weighted by Crippen LogP contribution is 2.27. The van der Waals surface area contributed by atoms with Crippen LogP contribution in [-0.4, -0.2) is 4.98 Å². The Morgan fingerprint density at radius 1 is 1.64 bits per heavy atom. The minimum atomic E-state index is -2.73. The highest BCUT2D eigenvalue weighted by atomic mass is 79.9. The summed E-state index contributed by atoms with van der Waals surface area (Å²) in [5, 5.41) is 8.60. The number of nitriles is 1. The van der Waals surface area contributed by atoms with Crippen molar-refractivity contribution in [2.75, 3.05) is 0 Å². The van der Waals surface area contributed by atoms with Crippen LogP contribution in [-0.2, 0) is 6.54 Å². The molecule has 0 aromatic carbocycles. The van der Waals surface area contributed by atoms with Crippen LogP contribution in [0.3, 0.4) is 0 Å². The van der Waals surface area contributed by atoms with E-state index in [2.05, 4.69) is 20.9 Å². The Morgan fingerprint density at radius 2 is 2.29 bits per heavy atom. The van der Waals surface area contributed by atoms with Gasteiger partial charge in [-0.2, -0.15) is 5.26 Å². The van der Waals surface area contributed by atoms with E-state index in [-0.39, 0.29) is 23.4 Å². The fourth-order valence-corrected chi connectivity index (χ4v) is 1.52. The first-order valence-corrected chi connectivity index (χ1v) is 4.47. The Bertz CT molecular complexity index is 387. The van der Waals surface area contributed by atoms with Crippen molar-refractivity contribution in [3.8, 4) is 6.07 Å². The van der Waals surface area contributed by atoms with E-state index in [1.807, 2.05) is 0 Å². The predicted molar refractivity (Wildman–Crippen MR) is 49.5 cm³/mol. The second-order valence-corrected chi connectivity index (χ2v) is 3.30. The van der Waals surface area contributed by atoms with Gasteiger partial charge in [0.2, 0.25) is 0 Å². The lowest BCUT2D eigenvalue weighted by atomic mass is 10.1. The third kappa shape index (κ3) is 2.05. The average molecular weight is 262 g/mol. The van der Waals surface area contributed by atoms with E-state index in [1.54, 1.807) is 6.07 Å². The van der Waals surface area contributed by atoms with Crippen LogP contribution >= 0.6 is 15.9 Å². The van der Waals surface area contributed by atoms with E-state index in [1.165, 1.54) is 6.07 Å². The number of alkyl halides is 2. The van der Waals surface area contributed by atoms with Crippen molar-refractivity contribution in [3.05, 3.63) is 27.5 Å². The molecule has 0 atom stereocenters. The van der Waals surface area contributed by atoms with Crippen molar-refractivity contribution in [1.29, 1.82) is 5.26 Å². The largest absolute Gasteiger partial charge is 0.326 e. The van der Waals surface area contributed by atoms with Crippen molar-refractivity contribution in [3.63, 3.8) is 0 Å². The maximum Gasteiger partial charge on any atom is 0.266 e. The highest BCUT2D eigenvalue weighted by molar-refractivity contribution is 9.10. The molecular formula is C8H6BrF2N3. The van der Waals surface area contributed by atoms with E-state index in [0.29, 0.717) is 4.60 Å². The molecule has 2 N–H and O–H groups in total. The first kappa shape index (κ1) is 11.0. The summed E-state index contributed by atoms with van der Waals surface area (Å²) >= 11 is 3.02. The van der Waals surface area contributed by atoms with Crippen LogP contribution in [0.25, 0.3) is 0 Å². The fourth-order valence-electron chi connectivity index (χ4n) is 1.07. The molecule has 0 spiro atoms. The Labute approximate surface area is 87.7 Å². The van der Waals surface area contributed by atoms with Crippen LogP contribution in [0, 0.1) is 11.3 Å². The molecule has 1 heterocycles. The normalized spacial score (nSPS) is 10.3. The van der Waals surface area contributed by atoms with Crippen LogP contribution < -0.4 is 5.73 Å². The summed E-state index contributed by atoms with van der Waals surface area (Å²) in [6.07, 6.45) is -2.73. The fraction of sp³-hybridized carbons (Fsp3) is 0.250. The Kier molecular flexibility index (Phi) is 3.49. The van der Waals surface area contributed by atoms with Crippen LogP contribution in [0.5, 0.6) is 0 Å². The van der Waals surface area contributed by atoms with E-state index < -0.39 is 6.43 Å². The van der Waals surface area contributed by atoms with E-state index in [4.69, 9.17) is 11.0 Å². The van der Waals surface area contributed by atoms with Gasteiger partial charge in [-0.25, -0.2) is 13.8 Å². The number of rotatable bonds is 2. The van der Waals surface area contributed by atoms with Crippen LogP contribution in [0.1, 0.15) is 23.2 Å². The molecule has 0 aliphatic carbocycles. The van der Waals surface area contributed by atoms with Crippen molar-refractivity contribution >= 4 is 15.9 Å². The number of aromatic nitrogens is 1. The van der Waals surface area contributed by atoms with Gasteiger partial charge in [-0.3, -0.25) is 0 Å². The number of nitrogens with two attached hydrogens (primary N) is 1. The first-order chi connectivity index (χ1) is 6.60. The molecule has 0 aliphatic rings. The zero-order valence-corrected chi connectivity index (χ0v) is 8.55. The molecule has 1 aromatic heterocycles. The van der Waals surface area contributed by atoms with Gasteiger partial charge < -0.3 is 5.73 Å². The van der Waals surface area contributed by atoms with Gasteiger partial charge in [0.25, 0.3) is 6.43 Å². The minimum absolute atomic E-state index is 0.0462. The summed E-state index contributed by atoms with van der Waals surface area (Å²) in [5.41, 5.74) is 4.86. The quantitative estimate of drug-likeness (QED) is 0.830. The van der Waals surface area contributed by atoms with Crippen molar-refractivity contribution in [1.82, 2.24) is 4.98 Å². The van der Waals surface area contributed by atoms with Gasteiger partial charge in [-0.1, -0.05) is 0 Å². The lowest BCUT2D eigenvalue weighted by Gasteiger charge is -2.08. The van der Waals surface area contributed by atoms with Gasteiger partial charge >= 0.3 is 0 Å². The molecule has 3 nitrogen and oxygen atoms in total. The summed E-state index contributed by atoms with van der Waals surface area (Å²) in [6, 6.07) is 3.01. The second kappa shape index (κ2) is 4.44. The molecule has 74 valence electrons. The summed E-state index contributed by atoms with van der Waals surface area (Å²) < 4.78 is 25.4. The lowest BCUT2D eigenvalue weighted by molar-refractivity contribution is 0.149. The van der Waals surface area contributed by atoms with Crippen molar-refractivity contribution in [2.45, 2.75) is 13.0 Å². The number of hydrogen-bond acceptors (Lipinski definition) is 3.